The van der Waals surface area contributed by atoms with Crippen molar-refractivity contribution in [1.29, 1.82) is 0 Å². The summed E-state index contributed by atoms with van der Waals surface area (Å²) in [6, 6.07) is 0.281. The Kier molecular flexibility index (Phi) is 6.00. The van der Waals surface area contributed by atoms with Crippen LogP contribution in [0, 0.1) is 0 Å². The molecule has 1 fully saturated rings. The highest BCUT2D eigenvalue weighted by Gasteiger charge is 2.16. The van der Waals surface area contributed by atoms with Crippen LogP contribution in [-0.4, -0.2) is 33.5 Å². The minimum absolute atomic E-state index is 0.0538. The van der Waals surface area contributed by atoms with Crippen LogP contribution in [0.15, 0.2) is 23.7 Å². The molecule has 1 heterocycles. The van der Waals surface area contributed by atoms with Gasteiger partial charge in [-0.25, -0.2) is 10.4 Å². The van der Waals surface area contributed by atoms with Crippen LogP contribution >= 0.6 is 0 Å². The molecule has 1 aromatic rings. The van der Waals surface area contributed by atoms with Crippen LogP contribution in [0.25, 0.3) is 0 Å². The van der Waals surface area contributed by atoms with Crippen molar-refractivity contribution in [3.8, 4) is 0 Å². The molecule has 22 heavy (non-hydrogen) atoms. The van der Waals surface area contributed by atoms with Gasteiger partial charge in [0.15, 0.2) is 0 Å². The van der Waals surface area contributed by atoms with E-state index >= 15 is 0 Å². The van der Waals surface area contributed by atoms with E-state index in [0.29, 0.717) is 5.71 Å². The maximum atomic E-state index is 11.9. The molecule has 0 bridgehead atoms. The smallest absolute Gasteiger partial charge is 0.291 e. The third kappa shape index (κ3) is 5.23. The molecule has 2 rings (SSSR count). The van der Waals surface area contributed by atoms with Gasteiger partial charge in [0.05, 0.1) is 12.6 Å². The zero-order chi connectivity index (χ0) is 15.8. The van der Waals surface area contributed by atoms with Gasteiger partial charge in [0.1, 0.15) is 5.69 Å². The molecule has 0 unspecified atom stereocenters. The fraction of sp³-hybridized carbons (Fsp3) is 0.533. The molecule has 7 heteroatoms. The molecule has 1 saturated carbocycles. The molecule has 0 saturated heterocycles. The van der Waals surface area contributed by atoms with Crippen LogP contribution in [-0.2, 0) is 4.79 Å². The SMILES string of the molecule is C/C(CC(=O)NC1CCCCC1)=N/NC(=O)c1cnccn1. The van der Waals surface area contributed by atoms with Crippen molar-refractivity contribution in [2.75, 3.05) is 0 Å². The van der Waals surface area contributed by atoms with Crippen molar-refractivity contribution in [2.45, 2.75) is 51.5 Å². The first kappa shape index (κ1) is 16.1. The number of hydrazone groups is 1. The first-order valence-electron chi connectivity index (χ1n) is 7.54. The third-order valence-electron chi connectivity index (χ3n) is 3.53. The molecule has 0 spiro atoms. The Hall–Kier alpha value is -2.31. The minimum atomic E-state index is -0.444. The normalized spacial score (nSPS) is 16.1. The van der Waals surface area contributed by atoms with Gasteiger partial charge in [0.25, 0.3) is 5.91 Å². The zero-order valence-electron chi connectivity index (χ0n) is 12.7. The van der Waals surface area contributed by atoms with Crippen molar-refractivity contribution in [1.82, 2.24) is 20.7 Å². The van der Waals surface area contributed by atoms with E-state index in [2.05, 4.69) is 25.8 Å². The molecule has 7 nitrogen and oxygen atoms in total. The fourth-order valence-corrected chi connectivity index (χ4v) is 2.42. The Morgan fingerprint density at radius 2 is 2.05 bits per heavy atom. The number of rotatable bonds is 5. The number of nitrogens with zero attached hydrogens (tertiary/aromatic N) is 3. The van der Waals surface area contributed by atoms with E-state index in [9.17, 15) is 9.59 Å². The molecule has 2 N–H and O–H groups in total. The number of amides is 2. The molecule has 0 atom stereocenters. The zero-order valence-corrected chi connectivity index (χ0v) is 12.7. The first-order chi connectivity index (χ1) is 10.6. The summed E-state index contributed by atoms with van der Waals surface area (Å²) in [5, 5.41) is 6.94. The molecular weight excluding hydrogens is 282 g/mol. The summed E-state index contributed by atoms with van der Waals surface area (Å²) in [5.41, 5.74) is 3.11. The summed E-state index contributed by atoms with van der Waals surface area (Å²) in [6.07, 6.45) is 10.1. The second-order valence-electron chi connectivity index (χ2n) is 5.46. The lowest BCUT2D eigenvalue weighted by molar-refractivity contribution is -0.120. The number of aromatic nitrogens is 2. The Balaban J connectivity index is 1.77. The van der Waals surface area contributed by atoms with Crippen LogP contribution in [0.2, 0.25) is 0 Å². The highest BCUT2D eigenvalue weighted by molar-refractivity contribution is 6.00. The van der Waals surface area contributed by atoms with Crippen LogP contribution in [0.5, 0.6) is 0 Å². The van der Waals surface area contributed by atoms with Gasteiger partial charge in [0, 0.05) is 24.1 Å². The van der Waals surface area contributed by atoms with Crippen LogP contribution in [0.4, 0.5) is 0 Å². The van der Waals surface area contributed by atoms with E-state index in [1.807, 2.05) is 0 Å². The highest BCUT2D eigenvalue weighted by Crippen LogP contribution is 2.17. The van der Waals surface area contributed by atoms with E-state index < -0.39 is 5.91 Å². The van der Waals surface area contributed by atoms with Crippen molar-refractivity contribution in [3.05, 3.63) is 24.3 Å². The predicted molar refractivity (Wildman–Crippen MR) is 82.2 cm³/mol. The summed E-state index contributed by atoms with van der Waals surface area (Å²) in [7, 11) is 0. The highest BCUT2D eigenvalue weighted by atomic mass is 16.2. The van der Waals surface area contributed by atoms with Gasteiger partial charge in [-0.15, -0.1) is 0 Å². The molecule has 2 amide bonds. The summed E-state index contributed by atoms with van der Waals surface area (Å²) in [4.78, 5) is 31.3. The maximum absolute atomic E-state index is 11.9. The van der Waals surface area contributed by atoms with Crippen molar-refractivity contribution in [3.63, 3.8) is 0 Å². The van der Waals surface area contributed by atoms with Crippen molar-refractivity contribution < 1.29 is 9.59 Å². The quantitative estimate of drug-likeness (QED) is 0.635. The molecule has 1 aromatic heterocycles. The Morgan fingerprint density at radius 1 is 1.27 bits per heavy atom. The lowest BCUT2D eigenvalue weighted by Crippen LogP contribution is -2.37. The van der Waals surface area contributed by atoms with Gasteiger partial charge in [-0.05, 0) is 19.8 Å². The molecule has 118 valence electrons. The Morgan fingerprint density at radius 3 is 2.73 bits per heavy atom. The predicted octanol–water partition coefficient (Wildman–Crippen LogP) is 1.42. The standard InChI is InChI=1S/C15H21N5O2/c1-11(9-14(21)18-12-5-3-2-4-6-12)19-20-15(22)13-10-16-7-8-17-13/h7-8,10,12H,2-6,9H2,1H3,(H,18,21)(H,20,22)/b19-11-. The largest absolute Gasteiger partial charge is 0.353 e. The van der Waals surface area contributed by atoms with Crippen molar-refractivity contribution >= 4 is 17.5 Å². The maximum Gasteiger partial charge on any atom is 0.291 e. The molecule has 0 radical (unpaired) electrons. The number of hydrogen-bond donors (Lipinski definition) is 2. The van der Waals surface area contributed by atoms with Crippen LogP contribution in [0.3, 0.4) is 0 Å². The summed E-state index contributed by atoms with van der Waals surface area (Å²) in [6.45, 7) is 1.71. The van der Waals surface area contributed by atoms with Gasteiger partial charge in [-0.3, -0.25) is 14.6 Å². The van der Waals surface area contributed by atoms with Crippen LogP contribution in [0.1, 0.15) is 55.9 Å². The number of nitrogens with one attached hydrogen (secondary N) is 2. The topological polar surface area (TPSA) is 96.3 Å². The Labute approximate surface area is 129 Å². The second-order valence-corrected chi connectivity index (χ2v) is 5.46. The van der Waals surface area contributed by atoms with Crippen molar-refractivity contribution in [2.24, 2.45) is 5.10 Å². The Bertz CT molecular complexity index is 538. The lowest BCUT2D eigenvalue weighted by atomic mass is 9.95. The first-order valence-corrected chi connectivity index (χ1v) is 7.54. The fourth-order valence-electron chi connectivity index (χ4n) is 2.42. The lowest BCUT2D eigenvalue weighted by Gasteiger charge is -2.22. The molecule has 1 aliphatic carbocycles. The van der Waals surface area contributed by atoms with Gasteiger partial charge < -0.3 is 5.32 Å². The molecular formula is C15H21N5O2. The summed E-state index contributed by atoms with van der Waals surface area (Å²) < 4.78 is 0. The number of hydrogen-bond acceptors (Lipinski definition) is 5. The molecule has 0 aromatic carbocycles. The van der Waals surface area contributed by atoms with Gasteiger partial charge in [0.2, 0.25) is 5.91 Å². The minimum Gasteiger partial charge on any atom is -0.353 e. The van der Waals surface area contributed by atoms with E-state index in [0.717, 1.165) is 12.8 Å². The molecule has 0 aliphatic heterocycles. The molecule has 1 aliphatic rings. The van der Waals surface area contributed by atoms with E-state index in [1.165, 1.54) is 37.9 Å². The monoisotopic (exact) mass is 303 g/mol. The average molecular weight is 303 g/mol. The summed E-state index contributed by atoms with van der Waals surface area (Å²) in [5.74, 6) is -0.498. The van der Waals surface area contributed by atoms with E-state index in [-0.39, 0.29) is 24.1 Å². The number of carbonyl (C=O) groups is 2. The third-order valence-corrected chi connectivity index (χ3v) is 3.53. The average Bonchev–Trinajstić information content (AvgIpc) is 2.54. The van der Waals surface area contributed by atoms with Gasteiger partial charge in [-0.2, -0.15) is 5.10 Å². The second kappa shape index (κ2) is 8.21. The number of carbonyl (C=O) groups excluding carboxylic acids is 2. The van der Waals surface area contributed by atoms with E-state index in [4.69, 9.17) is 0 Å². The summed E-state index contributed by atoms with van der Waals surface area (Å²) >= 11 is 0. The van der Waals surface area contributed by atoms with Gasteiger partial charge in [-0.1, -0.05) is 19.3 Å². The van der Waals surface area contributed by atoms with E-state index in [1.54, 1.807) is 6.92 Å². The van der Waals surface area contributed by atoms with Gasteiger partial charge >= 0.3 is 0 Å². The van der Waals surface area contributed by atoms with Crippen LogP contribution < -0.4 is 10.7 Å².